The third kappa shape index (κ3) is 5.11. The number of anilines is 2. The van der Waals surface area contributed by atoms with Crippen LogP contribution in [0.5, 0.6) is 0 Å². The zero-order chi connectivity index (χ0) is 21.8. The number of hydrogen-bond acceptors (Lipinski definition) is 6. The molecule has 4 rings (SSSR count). The summed E-state index contributed by atoms with van der Waals surface area (Å²) >= 11 is 0. The molecule has 0 unspecified atom stereocenters. The fourth-order valence-corrected chi connectivity index (χ4v) is 3.01. The van der Waals surface area contributed by atoms with Crippen molar-refractivity contribution in [3.8, 4) is 5.82 Å². The van der Waals surface area contributed by atoms with Crippen molar-refractivity contribution in [2.24, 2.45) is 0 Å². The predicted octanol–water partition coefficient (Wildman–Crippen LogP) is 4.07. The highest BCUT2D eigenvalue weighted by atomic mass is 16.1. The summed E-state index contributed by atoms with van der Waals surface area (Å²) in [5.41, 5.74) is 2.99. The van der Waals surface area contributed by atoms with E-state index in [2.05, 4.69) is 51.3 Å². The Kier molecular flexibility index (Phi) is 5.44. The third-order valence-corrected chi connectivity index (χ3v) is 4.30. The second-order valence-electron chi connectivity index (χ2n) is 8.06. The van der Waals surface area contributed by atoms with Gasteiger partial charge < -0.3 is 10.6 Å². The molecule has 0 atom stereocenters. The van der Waals surface area contributed by atoms with E-state index in [4.69, 9.17) is 0 Å². The van der Waals surface area contributed by atoms with Gasteiger partial charge in [0.05, 0.1) is 23.4 Å². The first-order chi connectivity index (χ1) is 14.9. The summed E-state index contributed by atoms with van der Waals surface area (Å²) in [6.45, 7) is 6.18. The van der Waals surface area contributed by atoms with Crippen molar-refractivity contribution in [2.75, 3.05) is 10.6 Å². The molecule has 31 heavy (non-hydrogen) atoms. The smallest absolute Gasteiger partial charge is 0.248 e. The number of aromatic nitrogens is 5. The highest BCUT2D eigenvalue weighted by molar-refractivity contribution is 6.02. The van der Waals surface area contributed by atoms with Gasteiger partial charge in [-0.25, -0.2) is 9.97 Å². The summed E-state index contributed by atoms with van der Waals surface area (Å²) in [4.78, 5) is 29.7. The van der Waals surface area contributed by atoms with E-state index in [1.54, 1.807) is 37.2 Å². The first kappa shape index (κ1) is 20.2. The monoisotopic (exact) mass is 413 g/mol. The van der Waals surface area contributed by atoms with E-state index in [-0.39, 0.29) is 11.4 Å². The lowest BCUT2D eigenvalue weighted by molar-refractivity contribution is -0.111. The van der Waals surface area contributed by atoms with Crippen LogP contribution in [0.1, 0.15) is 26.3 Å². The van der Waals surface area contributed by atoms with E-state index < -0.39 is 0 Å². The molecule has 0 saturated carbocycles. The number of fused-ring (bicyclic) bond motifs is 1. The quantitative estimate of drug-likeness (QED) is 0.479. The van der Waals surface area contributed by atoms with Gasteiger partial charge in [0, 0.05) is 29.7 Å². The van der Waals surface area contributed by atoms with Gasteiger partial charge in [0.1, 0.15) is 12.1 Å². The van der Waals surface area contributed by atoms with Crippen molar-refractivity contribution in [3.63, 3.8) is 0 Å². The minimum Gasteiger partial charge on any atom is -0.364 e. The molecule has 0 aliphatic rings. The summed E-state index contributed by atoms with van der Waals surface area (Å²) in [6.07, 6.45) is 11.6. The molecule has 8 heteroatoms. The molecule has 0 aliphatic carbocycles. The Morgan fingerprint density at radius 2 is 1.97 bits per heavy atom. The molecule has 3 heterocycles. The van der Waals surface area contributed by atoms with E-state index in [0.717, 1.165) is 16.6 Å². The van der Waals surface area contributed by atoms with Crippen molar-refractivity contribution >= 4 is 34.5 Å². The summed E-state index contributed by atoms with van der Waals surface area (Å²) in [5, 5.41) is 6.20. The highest BCUT2D eigenvalue weighted by Gasteiger charge is 2.13. The van der Waals surface area contributed by atoms with E-state index >= 15 is 0 Å². The Hall–Kier alpha value is -4.07. The molecule has 2 N–H and O–H groups in total. The molecular formula is C23H23N7O. The highest BCUT2D eigenvalue weighted by Crippen LogP contribution is 2.22. The van der Waals surface area contributed by atoms with E-state index in [1.807, 2.05) is 34.9 Å². The van der Waals surface area contributed by atoms with Crippen LogP contribution in [0.15, 0.2) is 67.5 Å². The molecule has 1 aromatic carbocycles. The number of imidazole rings is 1. The van der Waals surface area contributed by atoms with Gasteiger partial charge in [0.2, 0.25) is 5.91 Å². The number of nitrogens with zero attached hydrogens (tertiary/aromatic N) is 5. The number of amides is 1. The van der Waals surface area contributed by atoms with Gasteiger partial charge in [-0.2, -0.15) is 0 Å². The van der Waals surface area contributed by atoms with Crippen molar-refractivity contribution in [1.82, 2.24) is 24.5 Å². The number of nitrogens with one attached hydrogen (secondary N) is 2. The minimum atomic E-state index is -0.231. The first-order valence-electron chi connectivity index (χ1n) is 9.84. The standard InChI is InChI=1S/C23H23N7O/c1-23(2,3)29-20-13-25-14-21(28-20)30-15-26-18-8-7-17(11-19(18)30)27-22(31)9-6-16-5-4-10-24-12-16/h4-15H,1-3H3,(H,27,31)(H,28,29). The van der Waals surface area contributed by atoms with Crippen LogP contribution >= 0.6 is 0 Å². The lowest BCUT2D eigenvalue weighted by Gasteiger charge is -2.21. The Bertz CT molecular complexity index is 1240. The van der Waals surface area contributed by atoms with Crippen LogP contribution in [-0.4, -0.2) is 35.9 Å². The van der Waals surface area contributed by atoms with Crippen LogP contribution in [0, 0.1) is 0 Å². The van der Waals surface area contributed by atoms with Crippen LogP contribution in [0.25, 0.3) is 22.9 Å². The van der Waals surface area contributed by atoms with Crippen LogP contribution < -0.4 is 10.6 Å². The van der Waals surface area contributed by atoms with E-state index in [1.165, 1.54) is 6.08 Å². The number of carbonyl (C=O) groups is 1. The number of carbonyl (C=O) groups excluding carboxylic acids is 1. The summed E-state index contributed by atoms with van der Waals surface area (Å²) < 4.78 is 1.84. The normalized spacial score (nSPS) is 11.7. The number of pyridine rings is 1. The van der Waals surface area contributed by atoms with Gasteiger partial charge in [-0.1, -0.05) is 6.07 Å². The van der Waals surface area contributed by atoms with Gasteiger partial charge in [-0.3, -0.25) is 19.3 Å². The molecule has 0 saturated heterocycles. The van der Waals surface area contributed by atoms with Gasteiger partial charge in [0.25, 0.3) is 0 Å². The SMILES string of the molecule is CC(C)(C)Nc1cncc(-n2cnc3ccc(NC(=O)C=Cc4cccnc4)cc32)n1. The van der Waals surface area contributed by atoms with Gasteiger partial charge in [-0.15, -0.1) is 0 Å². The van der Waals surface area contributed by atoms with Crippen LogP contribution in [0.3, 0.4) is 0 Å². The Morgan fingerprint density at radius 1 is 1.10 bits per heavy atom. The molecular weight excluding hydrogens is 390 g/mol. The molecule has 4 aromatic rings. The molecule has 156 valence electrons. The van der Waals surface area contributed by atoms with Crippen molar-refractivity contribution in [2.45, 2.75) is 26.3 Å². The van der Waals surface area contributed by atoms with E-state index in [0.29, 0.717) is 17.3 Å². The second kappa shape index (κ2) is 8.35. The van der Waals surface area contributed by atoms with Crippen molar-refractivity contribution < 1.29 is 4.79 Å². The molecule has 0 aliphatic heterocycles. The predicted molar refractivity (Wildman–Crippen MR) is 122 cm³/mol. The van der Waals surface area contributed by atoms with Gasteiger partial charge >= 0.3 is 0 Å². The maximum absolute atomic E-state index is 12.3. The lowest BCUT2D eigenvalue weighted by Crippen LogP contribution is -2.26. The maximum atomic E-state index is 12.3. The fraction of sp³-hybridized carbons (Fsp3) is 0.174. The van der Waals surface area contributed by atoms with E-state index in [9.17, 15) is 4.79 Å². The number of benzene rings is 1. The van der Waals surface area contributed by atoms with Crippen molar-refractivity contribution in [1.29, 1.82) is 0 Å². The van der Waals surface area contributed by atoms with Crippen molar-refractivity contribution in [3.05, 3.63) is 73.1 Å². The molecule has 0 spiro atoms. The third-order valence-electron chi connectivity index (χ3n) is 4.30. The zero-order valence-electron chi connectivity index (χ0n) is 17.6. The fourth-order valence-electron chi connectivity index (χ4n) is 3.01. The molecule has 3 aromatic heterocycles. The van der Waals surface area contributed by atoms with Gasteiger partial charge in [-0.05, 0) is 56.7 Å². The molecule has 0 radical (unpaired) electrons. The molecule has 8 nitrogen and oxygen atoms in total. The van der Waals surface area contributed by atoms with Crippen LogP contribution in [0.4, 0.5) is 11.5 Å². The largest absolute Gasteiger partial charge is 0.364 e. The first-order valence-corrected chi connectivity index (χ1v) is 9.84. The number of hydrogen-bond donors (Lipinski definition) is 2. The topological polar surface area (TPSA) is 97.6 Å². The summed E-state index contributed by atoms with van der Waals surface area (Å²) in [5.74, 6) is 1.08. The zero-order valence-corrected chi connectivity index (χ0v) is 17.6. The Labute approximate surface area is 180 Å². The maximum Gasteiger partial charge on any atom is 0.248 e. The molecule has 0 fully saturated rings. The van der Waals surface area contributed by atoms with Crippen LogP contribution in [0.2, 0.25) is 0 Å². The summed E-state index contributed by atoms with van der Waals surface area (Å²) in [6, 6.07) is 9.24. The lowest BCUT2D eigenvalue weighted by atomic mass is 10.1. The molecule has 1 amide bonds. The Morgan fingerprint density at radius 3 is 2.74 bits per heavy atom. The Balaban J connectivity index is 1.57. The second-order valence-corrected chi connectivity index (χ2v) is 8.06. The van der Waals surface area contributed by atoms with Crippen LogP contribution in [-0.2, 0) is 4.79 Å². The number of rotatable bonds is 5. The minimum absolute atomic E-state index is 0.134. The van der Waals surface area contributed by atoms with Gasteiger partial charge in [0.15, 0.2) is 5.82 Å². The average Bonchev–Trinajstić information content (AvgIpc) is 3.15. The average molecular weight is 413 g/mol. The summed E-state index contributed by atoms with van der Waals surface area (Å²) in [7, 11) is 0. The molecule has 0 bridgehead atoms.